The highest BCUT2D eigenvalue weighted by atomic mass is 35.5. The molecule has 16 heavy (non-hydrogen) atoms. The monoisotopic (exact) mass is 243 g/mol. The lowest BCUT2D eigenvalue weighted by atomic mass is 10.2. The van der Waals surface area contributed by atoms with E-state index in [2.05, 4.69) is 17.3 Å². The fourth-order valence-corrected chi connectivity index (χ4v) is 1.84. The minimum Gasteiger partial charge on any atom is -0.315 e. The van der Waals surface area contributed by atoms with Gasteiger partial charge in [0.2, 0.25) is 0 Å². The Morgan fingerprint density at radius 2 is 2.00 bits per heavy atom. The van der Waals surface area contributed by atoms with Crippen molar-refractivity contribution in [2.45, 2.75) is 46.6 Å². The Hall–Kier alpha value is -0.540. The molecule has 0 bridgehead atoms. The Morgan fingerprint density at radius 3 is 2.56 bits per heavy atom. The maximum absolute atomic E-state index is 6.08. The van der Waals surface area contributed by atoms with E-state index in [-0.39, 0.29) is 0 Å². The lowest BCUT2D eigenvalue weighted by Crippen LogP contribution is -2.22. The predicted molar refractivity (Wildman–Crippen MR) is 69.1 cm³/mol. The van der Waals surface area contributed by atoms with Crippen molar-refractivity contribution in [1.82, 2.24) is 15.1 Å². The Kier molecular flexibility index (Phi) is 5.85. The topological polar surface area (TPSA) is 29.9 Å². The summed E-state index contributed by atoms with van der Waals surface area (Å²) in [5.74, 6) is 0. The number of nitrogens with zero attached hydrogens (tertiary/aromatic N) is 2. The molecule has 1 N–H and O–H groups in total. The number of hydrogen-bond donors (Lipinski definition) is 1. The SMILES string of the molecule is CCCCCNCCn1nc(C)c(Cl)c1C. The van der Waals surface area contributed by atoms with Crippen molar-refractivity contribution in [3.8, 4) is 0 Å². The molecular formula is C12H22ClN3. The molecule has 92 valence electrons. The summed E-state index contributed by atoms with van der Waals surface area (Å²) in [5.41, 5.74) is 1.99. The molecule has 0 fully saturated rings. The highest BCUT2D eigenvalue weighted by molar-refractivity contribution is 6.31. The lowest BCUT2D eigenvalue weighted by molar-refractivity contribution is 0.530. The first-order chi connectivity index (χ1) is 7.66. The maximum Gasteiger partial charge on any atom is 0.0844 e. The van der Waals surface area contributed by atoms with E-state index in [1.807, 2.05) is 18.5 Å². The summed E-state index contributed by atoms with van der Waals surface area (Å²) in [6.07, 6.45) is 3.84. The molecule has 1 aromatic heterocycles. The molecule has 0 unspecified atom stereocenters. The standard InChI is InChI=1S/C12H22ClN3/c1-4-5-6-7-14-8-9-16-11(3)12(13)10(2)15-16/h14H,4-9H2,1-3H3. The maximum atomic E-state index is 6.08. The van der Waals surface area contributed by atoms with Crippen LogP contribution in [0, 0.1) is 13.8 Å². The van der Waals surface area contributed by atoms with Gasteiger partial charge in [0.15, 0.2) is 0 Å². The van der Waals surface area contributed by atoms with Gasteiger partial charge < -0.3 is 5.32 Å². The van der Waals surface area contributed by atoms with Crippen LogP contribution in [0.15, 0.2) is 0 Å². The van der Waals surface area contributed by atoms with E-state index in [4.69, 9.17) is 11.6 Å². The smallest absolute Gasteiger partial charge is 0.0844 e. The number of nitrogens with one attached hydrogen (secondary N) is 1. The van der Waals surface area contributed by atoms with Crippen LogP contribution in [-0.4, -0.2) is 22.9 Å². The Morgan fingerprint density at radius 1 is 1.25 bits per heavy atom. The second-order valence-corrected chi connectivity index (χ2v) is 4.54. The molecule has 0 radical (unpaired) electrons. The van der Waals surface area contributed by atoms with Gasteiger partial charge in [-0.2, -0.15) is 5.10 Å². The zero-order valence-electron chi connectivity index (χ0n) is 10.5. The molecule has 0 atom stereocenters. The van der Waals surface area contributed by atoms with Crippen molar-refractivity contribution < 1.29 is 0 Å². The lowest BCUT2D eigenvalue weighted by Gasteiger charge is -2.06. The van der Waals surface area contributed by atoms with Gasteiger partial charge in [0.1, 0.15) is 0 Å². The molecule has 0 aliphatic heterocycles. The van der Waals surface area contributed by atoms with Crippen molar-refractivity contribution >= 4 is 11.6 Å². The second kappa shape index (κ2) is 6.92. The Balaban J connectivity index is 2.24. The summed E-state index contributed by atoms with van der Waals surface area (Å²) in [6.45, 7) is 9.13. The van der Waals surface area contributed by atoms with Crippen molar-refractivity contribution in [2.24, 2.45) is 0 Å². The minimum absolute atomic E-state index is 0.797. The van der Waals surface area contributed by atoms with Crippen molar-refractivity contribution in [1.29, 1.82) is 0 Å². The summed E-state index contributed by atoms with van der Waals surface area (Å²) in [5, 5.41) is 8.61. The van der Waals surface area contributed by atoms with E-state index in [9.17, 15) is 0 Å². The molecule has 3 nitrogen and oxygen atoms in total. The van der Waals surface area contributed by atoms with Crippen LogP contribution in [0.2, 0.25) is 5.02 Å². The first-order valence-corrected chi connectivity index (χ1v) is 6.44. The molecule has 4 heteroatoms. The quantitative estimate of drug-likeness (QED) is 0.747. The molecule has 0 saturated carbocycles. The van der Waals surface area contributed by atoms with Gasteiger partial charge in [0.25, 0.3) is 0 Å². The van der Waals surface area contributed by atoms with E-state index < -0.39 is 0 Å². The first kappa shape index (κ1) is 13.5. The molecule has 0 spiro atoms. The number of aromatic nitrogens is 2. The Bertz CT molecular complexity index is 320. The van der Waals surface area contributed by atoms with Crippen LogP contribution in [0.3, 0.4) is 0 Å². The minimum atomic E-state index is 0.797. The summed E-state index contributed by atoms with van der Waals surface area (Å²) in [7, 11) is 0. The molecule has 1 aromatic rings. The molecule has 0 aliphatic rings. The molecular weight excluding hydrogens is 222 g/mol. The van der Waals surface area contributed by atoms with Crippen LogP contribution in [-0.2, 0) is 6.54 Å². The third kappa shape index (κ3) is 3.80. The number of halogens is 1. The molecule has 1 heterocycles. The largest absolute Gasteiger partial charge is 0.315 e. The van der Waals surface area contributed by atoms with Gasteiger partial charge in [-0.1, -0.05) is 31.4 Å². The summed E-state index contributed by atoms with van der Waals surface area (Å²) < 4.78 is 1.98. The van der Waals surface area contributed by atoms with E-state index >= 15 is 0 Å². The van der Waals surface area contributed by atoms with Gasteiger partial charge in [0.05, 0.1) is 23.0 Å². The van der Waals surface area contributed by atoms with Gasteiger partial charge >= 0.3 is 0 Å². The summed E-state index contributed by atoms with van der Waals surface area (Å²) >= 11 is 6.08. The average molecular weight is 244 g/mol. The molecule has 0 amide bonds. The van der Waals surface area contributed by atoms with Crippen LogP contribution in [0.25, 0.3) is 0 Å². The third-order valence-corrected chi connectivity index (χ3v) is 3.30. The normalized spacial score (nSPS) is 11.0. The van der Waals surface area contributed by atoms with Crippen LogP contribution in [0.1, 0.15) is 37.6 Å². The fourth-order valence-electron chi connectivity index (χ4n) is 1.70. The number of rotatable bonds is 7. The zero-order chi connectivity index (χ0) is 12.0. The molecule has 0 aliphatic carbocycles. The van der Waals surface area contributed by atoms with Gasteiger partial charge in [0, 0.05) is 6.54 Å². The molecule has 1 rings (SSSR count). The van der Waals surface area contributed by atoms with Gasteiger partial charge in [-0.3, -0.25) is 4.68 Å². The summed E-state index contributed by atoms with van der Waals surface area (Å²) in [6, 6.07) is 0. The fraction of sp³-hybridized carbons (Fsp3) is 0.750. The van der Waals surface area contributed by atoms with Gasteiger partial charge in [-0.05, 0) is 26.8 Å². The number of aryl methyl sites for hydroxylation is 1. The zero-order valence-corrected chi connectivity index (χ0v) is 11.3. The second-order valence-electron chi connectivity index (χ2n) is 4.17. The van der Waals surface area contributed by atoms with Crippen molar-refractivity contribution in [3.63, 3.8) is 0 Å². The van der Waals surface area contributed by atoms with Crippen LogP contribution < -0.4 is 5.32 Å². The highest BCUT2D eigenvalue weighted by Gasteiger charge is 2.07. The van der Waals surface area contributed by atoms with E-state index in [1.165, 1.54) is 19.3 Å². The Labute approximate surface area is 103 Å². The predicted octanol–water partition coefficient (Wildman–Crippen LogP) is 2.93. The number of unbranched alkanes of at least 4 members (excludes halogenated alkanes) is 2. The third-order valence-electron chi connectivity index (χ3n) is 2.75. The van der Waals surface area contributed by atoms with Gasteiger partial charge in [-0.15, -0.1) is 0 Å². The summed E-state index contributed by atoms with van der Waals surface area (Å²) in [4.78, 5) is 0. The number of hydrogen-bond acceptors (Lipinski definition) is 2. The van der Waals surface area contributed by atoms with Crippen LogP contribution in [0.5, 0.6) is 0 Å². The first-order valence-electron chi connectivity index (χ1n) is 6.07. The van der Waals surface area contributed by atoms with Gasteiger partial charge in [-0.25, -0.2) is 0 Å². The molecule has 0 saturated heterocycles. The average Bonchev–Trinajstić information content (AvgIpc) is 2.51. The van der Waals surface area contributed by atoms with Crippen molar-refractivity contribution in [2.75, 3.05) is 13.1 Å². The highest BCUT2D eigenvalue weighted by Crippen LogP contribution is 2.18. The van der Waals surface area contributed by atoms with Crippen LogP contribution >= 0.6 is 11.6 Å². The van der Waals surface area contributed by atoms with Crippen LogP contribution in [0.4, 0.5) is 0 Å². The van der Waals surface area contributed by atoms with E-state index in [1.54, 1.807) is 0 Å². The van der Waals surface area contributed by atoms with Crippen molar-refractivity contribution in [3.05, 3.63) is 16.4 Å². The molecule has 0 aromatic carbocycles. The van der Waals surface area contributed by atoms with E-state index in [0.717, 1.165) is 36.0 Å². The van der Waals surface area contributed by atoms with E-state index in [0.29, 0.717) is 0 Å².